The first-order chi connectivity index (χ1) is 8.73. The number of hydrogen-bond acceptors (Lipinski definition) is 3. The Hall–Kier alpha value is -1.62. The molecule has 0 fully saturated rings. The molecule has 0 aliphatic rings. The lowest BCUT2D eigenvalue weighted by atomic mass is 10.3. The average Bonchev–Trinajstić information content (AvgIpc) is 2.44. The molecule has 3 nitrogen and oxygen atoms in total. The third-order valence-corrected chi connectivity index (χ3v) is 6.36. The molecule has 0 atom stereocenters. The van der Waals surface area contributed by atoms with Gasteiger partial charge in [0.2, 0.25) is 0 Å². The van der Waals surface area contributed by atoms with E-state index < -0.39 is 8.56 Å². The second kappa shape index (κ2) is 5.35. The minimum Gasteiger partial charge on any atom is -0.399 e. The van der Waals surface area contributed by atoms with E-state index >= 15 is 0 Å². The number of hydrogen-bond donors (Lipinski definition) is 1. The van der Waals surface area contributed by atoms with E-state index in [1.54, 1.807) is 14.2 Å². The summed E-state index contributed by atoms with van der Waals surface area (Å²) in [7, 11) is 0.813. The van der Waals surface area contributed by atoms with Crippen LogP contribution in [-0.2, 0) is 8.85 Å². The van der Waals surface area contributed by atoms with Crippen molar-refractivity contribution >= 4 is 24.6 Å². The van der Waals surface area contributed by atoms with E-state index in [0.29, 0.717) is 0 Å². The molecule has 0 amide bonds. The Morgan fingerprint density at radius 1 is 0.778 bits per heavy atom. The fourth-order valence-electron chi connectivity index (χ4n) is 2.08. The molecule has 94 valence electrons. The second-order valence-corrected chi connectivity index (χ2v) is 7.22. The van der Waals surface area contributed by atoms with Gasteiger partial charge < -0.3 is 14.6 Å². The van der Waals surface area contributed by atoms with Crippen molar-refractivity contribution in [2.24, 2.45) is 0 Å². The molecule has 2 rings (SSSR count). The van der Waals surface area contributed by atoms with Crippen molar-refractivity contribution in [2.75, 3.05) is 20.0 Å². The Balaban J connectivity index is 2.54. The summed E-state index contributed by atoms with van der Waals surface area (Å²) in [6.45, 7) is 0. The zero-order chi connectivity index (χ0) is 13.0. The van der Waals surface area contributed by atoms with Gasteiger partial charge in [0.15, 0.2) is 0 Å². The molecule has 4 heteroatoms. The summed E-state index contributed by atoms with van der Waals surface area (Å²) in [6.07, 6.45) is 0. The molecule has 0 aromatic heterocycles. The first-order valence-electron chi connectivity index (χ1n) is 5.75. The Morgan fingerprint density at radius 3 is 1.78 bits per heavy atom. The number of nitrogen functional groups attached to an aromatic ring is 1. The summed E-state index contributed by atoms with van der Waals surface area (Å²) < 4.78 is 11.5. The molecule has 2 aromatic carbocycles. The van der Waals surface area contributed by atoms with Gasteiger partial charge in [-0.15, -0.1) is 0 Å². The summed E-state index contributed by atoms with van der Waals surface area (Å²) >= 11 is 0. The number of anilines is 1. The van der Waals surface area contributed by atoms with Gasteiger partial charge in [-0.05, 0) is 22.5 Å². The number of rotatable bonds is 4. The van der Waals surface area contributed by atoms with Gasteiger partial charge in [0.25, 0.3) is 0 Å². The predicted molar refractivity (Wildman–Crippen MR) is 76.3 cm³/mol. The summed E-state index contributed by atoms with van der Waals surface area (Å²) in [5.74, 6) is 0. The Kier molecular flexibility index (Phi) is 3.81. The lowest BCUT2D eigenvalue weighted by Gasteiger charge is -2.28. The predicted octanol–water partition coefficient (Wildman–Crippen LogP) is 1.12. The maximum absolute atomic E-state index is 5.77. The summed E-state index contributed by atoms with van der Waals surface area (Å²) in [5, 5.41) is 2.13. The van der Waals surface area contributed by atoms with Crippen LogP contribution in [0.1, 0.15) is 0 Å². The topological polar surface area (TPSA) is 44.5 Å². The smallest absolute Gasteiger partial charge is 0.399 e. The highest BCUT2D eigenvalue weighted by Crippen LogP contribution is 2.09. The SMILES string of the molecule is CO[Si](OC)(c1ccccc1)c1ccc(N)cc1. The zero-order valence-corrected chi connectivity index (χ0v) is 11.6. The van der Waals surface area contributed by atoms with E-state index in [0.717, 1.165) is 16.1 Å². The lowest BCUT2D eigenvalue weighted by molar-refractivity contribution is 0.272. The highest BCUT2D eigenvalue weighted by molar-refractivity contribution is 6.92. The van der Waals surface area contributed by atoms with Crippen molar-refractivity contribution in [1.82, 2.24) is 0 Å². The molecule has 2 N–H and O–H groups in total. The van der Waals surface area contributed by atoms with E-state index in [-0.39, 0.29) is 0 Å². The van der Waals surface area contributed by atoms with E-state index in [4.69, 9.17) is 14.6 Å². The quantitative estimate of drug-likeness (QED) is 0.661. The molecular formula is C14H17NO2Si. The van der Waals surface area contributed by atoms with E-state index in [1.165, 1.54) is 0 Å². The number of benzene rings is 2. The van der Waals surface area contributed by atoms with Gasteiger partial charge in [-0.1, -0.05) is 42.5 Å². The molecule has 0 unspecified atom stereocenters. The maximum atomic E-state index is 5.77. The van der Waals surface area contributed by atoms with Crippen molar-refractivity contribution in [3.05, 3.63) is 54.6 Å². The van der Waals surface area contributed by atoms with Crippen LogP contribution in [0.3, 0.4) is 0 Å². The average molecular weight is 259 g/mol. The van der Waals surface area contributed by atoms with E-state index in [2.05, 4.69) is 0 Å². The van der Waals surface area contributed by atoms with Crippen molar-refractivity contribution in [2.45, 2.75) is 0 Å². The third kappa shape index (κ3) is 2.18. The highest BCUT2D eigenvalue weighted by Gasteiger charge is 2.40. The van der Waals surface area contributed by atoms with Crippen LogP contribution < -0.4 is 16.1 Å². The minimum absolute atomic E-state index is 0.738. The first kappa shape index (κ1) is 12.8. The normalized spacial score (nSPS) is 11.4. The standard InChI is InChI=1S/C14H17NO2Si/c1-16-18(17-2,13-6-4-3-5-7-13)14-10-8-12(15)9-11-14/h3-11H,15H2,1-2H3. The van der Waals surface area contributed by atoms with Crippen LogP contribution in [0.15, 0.2) is 54.6 Å². The second-order valence-electron chi connectivity index (χ2n) is 4.01. The largest absolute Gasteiger partial charge is 0.406 e. The minimum atomic E-state index is -2.57. The van der Waals surface area contributed by atoms with Gasteiger partial charge in [-0.25, -0.2) is 0 Å². The third-order valence-electron chi connectivity index (χ3n) is 3.02. The maximum Gasteiger partial charge on any atom is 0.406 e. The highest BCUT2D eigenvalue weighted by atomic mass is 28.4. The van der Waals surface area contributed by atoms with Crippen LogP contribution in [0.4, 0.5) is 5.69 Å². The van der Waals surface area contributed by atoms with Crippen molar-refractivity contribution in [3.8, 4) is 0 Å². The molecule has 0 aliphatic carbocycles. The molecular weight excluding hydrogens is 242 g/mol. The van der Waals surface area contributed by atoms with Crippen LogP contribution in [0.2, 0.25) is 0 Å². The van der Waals surface area contributed by atoms with E-state index in [9.17, 15) is 0 Å². The van der Waals surface area contributed by atoms with E-state index in [1.807, 2.05) is 54.6 Å². The molecule has 0 saturated heterocycles. The van der Waals surface area contributed by atoms with Crippen LogP contribution in [0.25, 0.3) is 0 Å². The molecule has 0 saturated carbocycles. The molecule has 0 spiro atoms. The Labute approximate surface area is 108 Å². The fourth-order valence-corrected chi connectivity index (χ4v) is 4.76. The monoisotopic (exact) mass is 259 g/mol. The summed E-state index contributed by atoms with van der Waals surface area (Å²) in [6, 6.07) is 17.7. The summed E-state index contributed by atoms with van der Waals surface area (Å²) in [5.41, 5.74) is 6.46. The van der Waals surface area contributed by atoms with Crippen LogP contribution in [0, 0.1) is 0 Å². The molecule has 0 bridgehead atoms. The van der Waals surface area contributed by atoms with Gasteiger partial charge in [0.05, 0.1) is 0 Å². The van der Waals surface area contributed by atoms with Crippen LogP contribution in [0.5, 0.6) is 0 Å². The Bertz CT molecular complexity index is 495. The molecule has 18 heavy (non-hydrogen) atoms. The number of nitrogens with two attached hydrogens (primary N) is 1. The van der Waals surface area contributed by atoms with Gasteiger partial charge >= 0.3 is 8.56 Å². The van der Waals surface area contributed by atoms with Crippen LogP contribution >= 0.6 is 0 Å². The van der Waals surface area contributed by atoms with Gasteiger partial charge in [-0.2, -0.15) is 0 Å². The molecule has 2 aromatic rings. The van der Waals surface area contributed by atoms with Gasteiger partial charge in [-0.3, -0.25) is 0 Å². The molecule has 0 aliphatic heterocycles. The Morgan fingerprint density at radius 2 is 1.28 bits per heavy atom. The van der Waals surface area contributed by atoms with Crippen molar-refractivity contribution < 1.29 is 8.85 Å². The fraction of sp³-hybridized carbons (Fsp3) is 0.143. The molecule has 0 radical (unpaired) electrons. The molecule has 0 heterocycles. The van der Waals surface area contributed by atoms with Gasteiger partial charge in [0.1, 0.15) is 0 Å². The van der Waals surface area contributed by atoms with Crippen molar-refractivity contribution in [3.63, 3.8) is 0 Å². The zero-order valence-electron chi connectivity index (χ0n) is 10.6. The van der Waals surface area contributed by atoms with Crippen molar-refractivity contribution in [1.29, 1.82) is 0 Å². The van der Waals surface area contributed by atoms with Crippen LogP contribution in [-0.4, -0.2) is 22.8 Å². The van der Waals surface area contributed by atoms with Gasteiger partial charge in [0, 0.05) is 19.9 Å². The lowest BCUT2D eigenvalue weighted by Crippen LogP contribution is -2.62. The summed E-state index contributed by atoms with van der Waals surface area (Å²) in [4.78, 5) is 0. The first-order valence-corrected chi connectivity index (χ1v) is 7.56.